The number of anilines is 1. The van der Waals surface area contributed by atoms with E-state index in [9.17, 15) is 0 Å². The maximum absolute atomic E-state index is 6.22. The lowest BCUT2D eigenvalue weighted by molar-refractivity contribution is 0.259. The highest BCUT2D eigenvalue weighted by molar-refractivity contribution is 6.36. The Kier molecular flexibility index (Phi) is 4.81. The Bertz CT molecular complexity index is 636. The molecule has 6 nitrogen and oxygen atoms in total. The van der Waals surface area contributed by atoms with E-state index in [0.717, 1.165) is 50.7 Å². The lowest BCUT2D eigenvalue weighted by Crippen LogP contribution is -2.47. The number of nitrogens with zero attached hydrogens (tertiary/aromatic N) is 6. The molecular formula is C14H18Cl2N6. The zero-order valence-corrected chi connectivity index (χ0v) is 13.9. The second-order valence-electron chi connectivity index (χ2n) is 5.42. The number of aromatic nitrogens is 4. The van der Waals surface area contributed by atoms with Crippen LogP contribution in [-0.4, -0.2) is 57.6 Å². The van der Waals surface area contributed by atoms with E-state index in [1.54, 1.807) is 16.9 Å². The number of hydrogen-bond acceptors (Lipinski definition) is 5. The van der Waals surface area contributed by atoms with Crippen molar-refractivity contribution in [3.05, 3.63) is 34.2 Å². The molecule has 1 aliphatic rings. The van der Waals surface area contributed by atoms with Gasteiger partial charge in [0.2, 0.25) is 0 Å². The van der Waals surface area contributed by atoms with Crippen LogP contribution < -0.4 is 4.90 Å². The second kappa shape index (κ2) is 6.81. The quantitative estimate of drug-likeness (QED) is 0.850. The Balaban J connectivity index is 1.51. The first kappa shape index (κ1) is 15.5. The Labute approximate surface area is 139 Å². The molecule has 118 valence electrons. The van der Waals surface area contributed by atoms with Crippen LogP contribution in [0.25, 0.3) is 0 Å². The van der Waals surface area contributed by atoms with Crippen molar-refractivity contribution in [2.24, 2.45) is 7.05 Å². The summed E-state index contributed by atoms with van der Waals surface area (Å²) in [5.41, 5.74) is 1.03. The molecule has 0 atom stereocenters. The van der Waals surface area contributed by atoms with Crippen LogP contribution in [0.1, 0.15) is 5.69 Å². The topological polar surface area (TPSA) is 50.1 Å². The maximum Gasteiger partial charge on any atom is 0.147 e. The summed E-state index contributed by atoms with van der Waals surface area (Å²) >= 11 is 12.1. The number of piperazine rings is 1. The summed E-state index contributed by atoms with van der Waals surface area (Å²) in [5, 5.41) is 9.25. The van der Waals surface area contributed by atoms with E-state index in [-0.39, 0.29) is 0 Å². The second-order valence-corrected chi connectivity index (χ2v) is 6.26. The molecule has 0 unspecified atom stereocenters. The SMILES string of the molecule is Cn1cc(CCN2CCN(c3ncc(Cl)cc3Cl)CC2)nn1. The average Bonchev–Trinajstić information content (AvgIpc) is 2.92. The fraction of sp³-hybridized carbons (Fsp3) is 0.500. The molecule has 0 amide bonds. The summed E-state index contributed by atoms with van der Waals surface area (Å²) in [6.07, 6.45) is 4.53. The minimum absolute atomic E-state index is 0.566. The fourth-order valence-corrected chi connectivity index (χ4v) is 3.11. The summed E-state index contributed by atoms with van der Waals surface area (Å²) in [6.45, 7) is 4.79. The summed E-state index contributed by atoms with van der Waals surface area (Å²) in [4.78, 5) is 8.98. The Morgan fingerprint density at radius 1 is 1.18 bits per heavy atom. The fourth-order valence-electron chi connectivity index (χ4n) is 2.61. The number of aryl methyl sites for hydroxylation is 1. The summed E-state index contributed by atoms with van der Waals surface area (Å²) < 4.78 is 1.74. The van der Waals surface area contributed by atoms with Gasteiger partial charge in [-0.2, -0.15) is 0 Å². The monoisotopic (exact) mass is 340 g/mol. The van der Waals surface area contributed by atoms with Gasteiger partial charge in [0.25, 0.3) is 0 Å². The van der Waals surface area contributed by atoms with E-state index in [2.05, 4.69) is 25.1 Å². The minimum Gasteiger partial charge on any atom is -0.353 e. The number of hydrogen-bond donors (Lipinski definition) is 0. The van der Waals surface area contributed by atoms with Crippen molar-refractivity contribution in [3.63, 3.8) is 0 Å². The third-order valence-electron chi connectivity index (χ3n) is 3.79. The molecule has 0 aromatic carbocycles. The molecule has 3 heterocycles. The van der Waals surface area contributed by atoms with Crippen molar-refractivity contribution in [1.29, 1.82) is 0 Å². The van der Waals surface area contributed by atoms with Gasteiger partial charge in [0, 0.05) is 58.6 Å². The van der Waals surface area contributed by atoms with Gasteiger partial charge >= 0.3 is 0 Å². The molecule has 2 aromatic rings. The molecule has 0 aliphatic carbocycles. The van der Waals surface area contributed by atoms with Crippen molar-refractivity contribution in [1.82, 2.24) is 24.9 Å². The predicted molar refractivity (Wildman–Crippen MR) is 87.6 cm³/mol. The highest BCUT2D eigenvalue weighted by atomic mass is 35.5. The Morgan fingerprint density at radius 2 is 1.95 bits per heavy atom. The standard InChI is InChI=1S/C14H18Cl2N6/c1-20-10-12(18-19-20)2-3-21-4-6-22(7-5-21)14-13(16)8-11(15)9-17-14/h8-10H,2-7H2,1H3. The van der Waals surface area contributed by atoms with Gasteiger partial charge in [-0.3, -0.25) is 9.58 Å². The summed E-state index contributed by atoms with van der Waals surface area (Å²) in [7, 11) is 1.89. The zero-order chi connectivity index (χ0) is 15.5. The van der Waals surface area contributed by atoms with E-state index in [0.29, 0.717) is 10.0 Å². The van der Waals surface area contributed by atoms with Crippen LogP contribution in [0.5, 0.6) is 0 Å². The number of pyridine rings is 1. The molecule has 0 saturated carbocycles. The van der Waals surface area contributed by atoms with Gasteiger partial charge in [-0.1, -0.05) is 28.4 Å². The molecule has 3 rings (SSSR count). The summed E-state index contributed by atoms with van der Waals surface area (Å²) in [5.74, 6) is 0.819. The lowest BCUT2D eigenvalue weighted by atomic mass is 10.2. The van der Waals surface area contributed by atoms with E-state index in [1.807, 2.05) is 13.2 Å². The van der Waals surface area contributed by atoms with Crippen molar-refractivity contribution in [3.8, 4) is 0 Å². The van der Waals surface area contributed by atoms with Crippen molar-refractivity contribution in [2.45, 2.75) is 6.42 Å². The van der Waals surface area contributed by atoms with Crippen LogP contribution in [0.2, 0.25) is 10.0 Å². The van der Waals surface area contributed by atoms with E-state index in [1.165, 1.54) is 0 Å². The molecule has 0 N–H and O–H groups in total. The first-order valence-corrected chi connectivity index (χ1v) is 8.01. The van der Waals surface area contributed by atoms with Gasteiger partial charge in [-0.25, -0.2) is 4.98 Å². The molecule has 2 aromatic heterocycles. The Morgan fingerprint density at radius 3 is 2.59 bits per heavy atom. The minimum atomic E-state index is 0.566. The van der Waals surface area contributed by atoms with Crippen LogP contribution in [0.3, 0.4) is 0 Å². The van der Waals surface area contributed by atoms with Gasteiger partial charge in [-0.15, -0.1) is 5.10 Å². The van der Waals surface area contributed by atoms with E-state index >= 15 is 0 Å². The van der Waals surface area contributed by atoms with Crippen molar-refractivity contribution < 1.29 is 0 Å². The molecule has 0 bridgehead atoms. The smallest absolute Gasteiger partial charge is 0.147 e. The van der Waals surface area contributed by atoms with Crippen LogP contribution in [0.4, 0.5) is 5.82 Å². The number of rotatable bonds is 4. The Hall–Kier alpha value is -1.37. The van der Waals surface area contributed by atoms with Crippen molar-refractivity contribution in [2.75, 3.05) is 37.6 Å². The maximum atomic E-state index is 6.22. The summed E-state index contributed by atoms with van der Waals surface area (Å²) in [6, 6.07) is 1.74. The van der Waals surface area contributed by atoms with Crippen LogP contribution in [0, 0.1) is 0 Å². The number of halogens is 2. The third-order valence-corrected chi connectivity index (χ3v) is 4.28. The molecule has 1 saturated heterocycles. The molecule has 8 heteroatoms. The largest absolute Gasteiger partial charge is 0.353 e. The molecule has 22 heavy (non-hydrogen) atoms. The first-order valence-electron chi connectivity index (χ1n) is 7.25. The normalized spacial score (nSPS) is 16.2. The molecule has 1 aliphatic heterocycles. The van der Waals surface area contributed by atoms with Crippen LogP contribution >= 0.6 is 23.2 Å². The zero-order valence-electron chi connectivity index (χ0n) is 12.4. The highest BCUT2D eigenvalue weighted by Crippen LogP contribution is 2.26. The average molecular weight is 341 g/mol. The molecule has 0 spiro atoms. The lowest BCUT2D eigenvalue weighted by Gasteiger charge is -2.35. The van der Waals surface area contributed by atoms with Gasteiger partial charge in [0.1, 0.15) is 5.82 Å². The van der Waals surface area contributed by atoms with Crippen LogP contribution in [-0.2, 0) is 13.5 Å². The van der Waals surface area contributed by atoms with Crippen LogP contribution in [0.15, 0.2) is 18.5 Å². The third kappa shape index (κ3) is 3.69. The molecular weight excluding hydrogens is 323 g/mol. The predicted octanol–water partition coefficient (Wildman–Crippen LogP) is 1.88. The van der Waals surface area contributed by atoms with E-state index in [4.69, 9.17) is 23.2 Å². The van der Waals surface area contributed by atoms with Gasteiger partial charge in [-0.05, 0) is 6.07 Å². The molecule has 0 radical (unpaired) electrons. The highest BCUT2D eigenvalue weighted by Gasteiger charge is 2.20. The molecule has 1 fully saturated rings. The van der Waals surface area contributed by atoms with Gasteiger partial charge in [0.05, 0.1) is 15.7 Å². The van der Waals surface area contributed by atoms with Crippen molar-refractivity contribution >= 4 is 29.0 Å². The van der Waals surface area contributed by atoms with Gasteiger partial charge in [0.15, 0.2) is 0 Å². The van der Waals surface area contributed by atoms with Gasteiger partial charge < -0.3 is 4.90 Å². The van der Waals surface area contributed by atoms with E-state index < -0.39 is 0 Å². The first-order chi connectivity index (χ1) is 10.6.